The normalized spacial score (nSPS) is 18.0. The summed E-state index contributed by atoms with van der Waals surface area (Å²) in [7, 11) is -2.15. The number of anilines is 1. The molecule has 3 atom stereocenters. The van der Waals surface area contributed by atoms with Crippen molar-refractivity contribution in [2.45, 2.75) is 37.4 Å². The van der Waals surface area contributed by atoms with Crippen molar-refractivity contribution in [3.05, 3.63) is 89.2 Å². The molecule has 1 aliphatic heterocycles. The lowest BCUT2D eigenvalue weighted by Crippen LogP contribution is -2.49. The number of carbonyl (C=O) groups excluding carboxylic acids is 1. The van der Waals surface area contributed by atoms with Gasteiger partial charge in [-0.1, -0.05) is 19.1 Å². The molecule has 0 aromatic heterocycles. The van der Waals surface area contributed by atoms with Gasteiger partial charge in [0.2, 0.25) is 0 Å². The smallest absolute Gasteiger partial charge is 0.335 e. The average molecular weight is 600 g/mol. The fraction of sp³-hybridized carbons (Fsp3) is 0.333. The summed E-state index contributed by atoms with van der Waals surface area (Å²) in [5.74, 6) is -1.83. The molecule has 0 fully saturated rings. The molecule has 3 aromatic carbocycles. The van der Waals surface area contributed by atoms with Gasteiger partial charge in [0.15, 0.2) is 0 Å². The summed E-state index contributed by atoms with van der Waals surface area (Å²) < 4.78 is 47.9. The van der Waals surface area contributed by atoms with E-state index >= 15 is 0 Å². The molecule has 0 aliphatic carbocycles. The zero-order valence-corrected chi connectivity index (χ0v) is 24.3. The molecule has 3 aromatic rings. The van der Waals surface area contributed by atoms with Gasteiger partial charge in [0.05, 0.1) is 28.7 Å². The number of nitrogens with one attached hydrogen (secondary N) is 1. The third-order valence-electron chi connectivity index (χ3n) is 7.19. The Balaban J connectivity index is 1.60. The molecule has 1 amide bonds. The minimum atomic E-state index is -4.06. The van der Waals surface area contributed by atoms with E-state index < -0.39 is 33.8 Å². The number of aliphatic hydroxyl groups excluding tert-OH is 1. The molecule has 0 saturated carbocycles. The summed E-state index contributed by atoms with van der Waals surface area (Å²) in [6.07, 6.45) is -0.379. The van der Waals surface area contributed by atoms with E-state index in [1.165, 1.54) is 18.2 Å². The highest BCUT2D eigenvalue weighted by Gasteiger charge is 2.33. The molecule has 0 spiro atoms. The monoisotopic (exact) mass is 599 g/mol. The Morgan fingerprint density at radius 1 is 1.14 bits per heavy atom. The molecule has 0 bridgehead atoms. The number of carboxylic acid groups (broad SMARTS) is 1. The maximum absolute atomic E-state index is 13.7. The van der Waals surface area contributed by atoms with E-state index in [0.29, 0.717) is 13.1 Å². The SMILES string of the molecule is C[C@@H]1CN([C@H](C)CO)C(=O)c2cc(NS(=O)(=O)c3ccc(F)cc3)ccc2O[C@H]1CN(C)Cc1ccc(C(=O)O)cc1. The average Bonchev–Trinajstić information content (AvgIpc) is 2.95. The molecule has 0 saturated heterocycles. The Labute approximate surface area is 244 Å². The van der Waals surface area contributed by atoms with E-state index in [9.17, 15) is 27.5 Å². The number of rotatable bonds is 10. The summed E-state index contributed by atoms with van der Waals surface area (Å²) in [4.78, 5) is 28.3. The number of nitrogens with zero attached hydrogens (tertiary/aromatic N) is 2. The molecule has 12 heteroatoms. The summed E-state index contributed by atoms with van der Waals surface area (Å²) in [6.45, 7) is 4.71. The van der Waals surface area contributed by atoms with E-state index in [1.807, 2.05) is 18.9 Å². The predicted octanol–water partition coefficient (Wildman–Crippen LogP) is 3.68. The molecule has 4 rings (SSSR count). The number of hydrogen-bond donors (Lipinski definition) is 3. The maximum atomic E-state index is 13.7. The minimum absolute atomic E-state index is 0.124. The second-order valence-electron chi connectivity index (χ2n) is 10.6. The van der Waals surface area contributed by atoms with Gasteiger partial charge in [-0.15, -0.1) is 0 Å². The highest BCUT2D eigenvalue weighted by Crippen LogP contribution is 2.31. The Hall–Kier alpha value is -4.00. The van der Waals surface area contributed by atoms with Gasteiger partial charge in [-0.25, -0.2) is 17.6 Å². The fourth-order valence-corrected chi connectivity index (χ4v) is 5.82. The molecule has 0 unspecified atom stereocenters. The van der Waals surface area contributed by atoms with Crippen LogP contribution in [0.3, 0.4) is 0 Å². The lowest BCUT2D eigenvalue weighted by atomic mass is 9.99. The van der Waals surface area contributed by atoms with Crippen molar-refractivity contribution >= 4 is 27.6 Å². The summed E-state index contributed by atoms with van der Waals surface area (Å²) in [5.41, 5.74) is 1.39. The lowest BCUT2D eigenvalue weighted by Gasteiger charge is -2.38. The Kier molecular flexibility index (Phi) is 9.50. The van der Waals surface area contributed by atoms with Crippen LogP contribution in [0.25, 0.3) is 0 Å². The third kappa shape index (κ3) is 7.25. The number of carbonyl (C=O) groups is 2. The Bertz CT molecular complexity index is 1530. The van der Waals surface area contributed by atoms with Crippen molar-refractivity contribution in [2.75, 3.05) is 31.5 Å². The number of halogens is 1. The number of benzene rings is 3. The van der Waals surface area contributed by atoms with Crippen molar-refractivity contribution in [1.82, 2.24) is 9.80 Å². The molecule has 3 N–H and O–H groups in total. The van der Waals surface area contributed by atoms with Gasteiger partial charge in [0.1, 0.15) is 17.7 Å². The second kappa shape index (κ2) is 12.9. The van der Waals surface area contributed by atoms with Crippen molar-refractivity contribution in [3.63, 3.8) is 0 Å². The molecular formula is C30H34FN3O7S. The summed E-state index contributed by atoms with van der Waals surface area (Å²) >= 11 is 0. The van der Waals surface area contributed by atoms with E-state index in [0.717, 1.165) is 29.8 Å². The van der Waals surface area contributed by atoms with Crippen LogP contribution in [-0.2, 0) is 16.6 Å². The standard InChI is InChI=1S/C30H34FN3O7S/c1-19-15-34(20(2)18-35)29(36)26-14-24(32-42(39,40)25-11-8-23(31)9-12-25)10-13-27(26)41-28(19)17-33(3)16-21-4-6-22(7-5-21)30(37)38/h4-14,19-20,28,32,35H,15-18H2,1-3H3,(H,37,38)/t19-,20-,28+/m1/s1. The summed E-state index contributed by atoms with van der Waals surface area (Å²) in [6, 6.07) is 14.9. The Morgan fingerprint density at radius 3 is 2.43 bits per heavy atom. The highest BCUT2D eigenvalue weighted by atomic mass is 32.2. The maximum Gasteiger partial charge on any atom is 0.335 e. The van der Waals surface area contributed by atoms with E-state index in [2.05, 4.69) is 4.72 Å². The van der Waals surface area contributed by atoms with Crippen molar-refractivity contribution < 1.29 is 37.3 Å². The largest absolute Gasteiger partial charge is 0.488 e. The third-order valence-corrected chi connectivity index (χ3v) is 8.58. The van der Waals surface area contributed by atoms with Gasteiger partial charge in [-0.3, -0.25) is 14.4 Å². The highest BCUT2D eigenvalue weighted by molar-refractivity contribution is 7.92. The van der Waals surface area contributed by atoms with Gasteiger partial charge >= 0.3 is 5.97 Å². The molecular weight excluding hydrogens is 565 g/mol. The van der Waals surface area contributed by atoms with Gasteiger partial charge in [0.25, 0.3) is 15.9 Å². The zero-order chi connectivity index (χ0) is 30.6. The number of fused-ring (bicyclic) bond motifs is 1. The Morgan fingerprint density at radius 2 is 1.81 bits per heavy atom. The van der Waals surface area contributed by atoms with Gasteiger partial charge in [-0.2, -0.15) is 0 Å². The van der Waals surface area contributed by atoms with Crippen LogP contribution in [0.5, 0.6) is 5.75 Å². The van der Waals surface area contributed by atoms with Crippen LogP contribution in [0.15, 0.2) is 71.6 Å². The fourth-order valence-electron chi connectivity index (χ4n) is 4.77. The molecule has 1 heterocycles. The minimum Gasteiger partial charge on any atom is -0.488 e. The van der Waals surface area contributed by atoms with Crippen molar-refractivity contribution in [1.29, 1.82) is 0 Å². The van der Waals surface area contributed by atoms with Crippen LogP contribution >= 0.6 is 0 Å². The first-order chi connectivity index (χ1) is 19.9. The number of ether oxygens (including phenoxy) is 1. The number of sulfonamides is 1. The van der Waals surface area contributed by atoms with Crippen LogP contribution < -0.4 is 9.46 Å². The topological polar surface area (TPSA) is 136 Å². The molecule has 42 heavy (non-hydrogen) atoms. The van der Waals surface area contributed by atoms with Crippen molar-refractivity contribution in [2.24, 2.45) is 5.92 Å². The van der Waals surface area contributed by atoms with E-state index in [-0.39, 0.29) is 52.6 Å². The lowest BCUT2D eigenvalue weighted by molar-refractivity contribution is 0.0341. The van der Waals surface area contributed by atoms with Crippen molar-refractivity contribution in [3.8, 4) is 5.75 Å². The number of likely N-dealkylation sites (N-methyl/N-ethyl adjacent to an activating group) is 1. The summed E-state index contributed by atoms with van der Waals surface area (Å²) in [5, 5.41) is 19.0. The number of hydrogen-bond acceptors (Lipinski definition) is 7. The number of amides is 1. The first-order valence-electron chi connectivity index (χ1n) is 13.4. The number of aliphatic hydroxyl groups is 1. The van der Waals surface area contributed by atoms with Crippen LogP contribution in [0.2, 0.25) is 0 Å². The first-order valence-corrected chi connectivity index (χ1v) is 14.9. The molecule has 1 aliphatic rings. The molecule has 10 nitrogen and oxygen atoms in total. The quantitative estimate of drug-likeness (QED) is 0.321. The molecule has 0 radical (unpaired) electrons. The van der Waals surface area contributed by atoms with Gasteiger partial charge in [0, 0.05) is 31.2 Å². The van der Waals surface area contributed by atoms with Gasteiger partial charge in [-0.05, 0) is 74.1 Å². The van der Waals surface area contributed by atoms with E-state index in [1.54, 1.807) is 36.1 Å². The van der Waals surface area contributed by atoms with Crippen LogP contribution in [0.1, 0.15) is 40.1 Å². The number of carboxylic acids is 1. The van der Waals surface area contributed by atoms with Crippen LogP contribution in [0.4, 0.5) is 10.1 Å². The first kappa shape index (κ1) is 30.9. The second-order valence-corrected chi connectivity index (χ2v) is 12.3. The predicted molar refractivity (Wildman–Crippen MR) is 155 cm³/mol. The molecule has 224 valence electrons. The zero-order valence-electron chi connectivity index (χ0n) is 23.5. The van der Waals surface area contributed by atoms with Crippen LogP contribution in [0, 0.1) is 11.7 Å². The van der Waals surface area contributed by atoms with E-state index in [4.69, 9.17) is 9.84 Å². The van der Waals surface area contributed by atoms with Crippen LogP contribution in [-0.4, -0.2) is 79.2 Å². The van der Waals surface area contributed by atoms with Gasteiger partial charge < -0.3 is 19.8 Å². The number of aromatic carboxylic acids is 1.